The third-order valence-electron chi connectivity index (χ3n) is 8.28. The van der Waals surface area contributed by atoms with E-state index in [1.165, 1.54) is 25.7 Å². The van der Waals surface area contributed by atoms with E-state index in [0.717, 1.165) is 50.0 Å². The first-order valence-electron chi connectivity index (χ1n) is 14.3. The number of likely N-dealkylation sites (tertiary alicyclic amines) is 1. The van der Waals surface area contributed by atoms with Gasteiger partial charge in [0.15, 0.2) is 5.78 Å². The largest absolute Gasteiger partial charge is 0.467 e. The lowest BCUT2D eigenvalue weighted by Crippen LogP contribution is -2.58. The summed E-state index contributed by atoms with van der Waals surface area (Å²) in [7, 11) is 1.35. The summed E-state index contributed by atoms with van der Waals surface area (Å²) in [5.41, 5.74) is -0.382. The monoisotopic (exact) mass is 590 g/mol. The number of hydrogen-bond donors (Lipinski definition) is 1. The van der Waals surface area contributed by atoms with Gasteiger partial charge in [-0.2, -0.15) is 0 Å². The second kappa shape index (κ2) is 13.2. The highest BCUT2D eigenvalue weighted by molar-refractivity contribution is 8.18. The molecule has 2 saturated heterocycles. The van der Waals surface area contributed by atoms with Gasteiger partial charge in [-0.3, -0.25) is 19.4 Å². The molecule has 0 radical (unpaired) electrons. The molecule has 0 bridgehead atoms. The number of Topliss-reactive ketones (excluding diaryl/α,β-unsaturated/α-hetero) is 1. The Morgan fingerprint density at radius 2 is 1.80 bits per heavy atom. The van der Waals surface area contributed by atoms with Crippen molar-refractivity contribution in [2.45, 2.75) is 88.3 Å². The summed E-state index contributed by atoms with van der Waals surface area (Å²) in [5, 5.41) is 3.07. The first kappa shape index (κ1) is 30.8. The molecule has 3 aliphatic rings. The number of nitrogens with zero attached hydrogens (tertiary/aromatic N) is 3. The molecule has 0 unspecified atom stereocenters. The molecule has 11 heteroatoms. The van der Waals surface area contributed by atoms with E-state index in [9.17, 15) is 19.2 Å². The molecule has 40 heavy (non-hydrogen) atoms. The normalized spacial score (nSPS) is 22.9. The van der Waals surface area contributed by atoms with Crippen LogP contribution in [0.4, 0.5) is 0 Å². The van der Waals surface area contributed by atoms with Crippen LogP contribution in [-0.4, -0.2) is 79.8 Å². The van der Waals surface area contributed by atoms with E-state index in [0.29, 0.717) is 13.0 Å². The van der Waals surface area contributed by atoms with Crippen LogP contribution >= 0.6 is 23.5 Å². The van der Waals surface area contributed by atoms with Crippen LogP contribution in [0.25, 0.3) is 0 Å². The summed E-state index contributed by atoms with van der Waals surface area (Å²) in [5.74, 6) is 0.249. The SMILES string of the molecule is COC(=O)[C@@H]1CC2(CN1C(=O)[C@@H](NC(=O)[C@@H](CC(=O)c1cnccn1)C1CCCCC1)C(C)(C)C)SCCCS2. The molecule has 1 aromatic rings. The number of nitrogens with one attached hydrogen (secondary N) is 1. The summed E-state index contributed by atoms with van der Waals surface area (Å²) in [6, 6.07) is -1.55. The van der Waals surface area contributed by atoms with Gasteiger partial charge in [0, 0.05) is 37.7 Å². The summed E-state index contributed by atoms with van der Waals surface area (Å²) in [6.07, 6.45) is 10.9. The van der Waals surface area contributed by atoms with Crippen LogP contribution in [0.15, 0.2) is 18.6 Å². The van der Waals surface area contributed by atoms with Crippen molar-refractivity contribution in [2.24, 2.45) is 17.3 Å². The third kappa shape index (κ3) is 7.19. The van der Waals surface area contributed by atoms with Crippen LogP contribution in [-0.2, 0) is 19.1 Å². The molecular weight excluding hydrogens is 548 g/mol. The Hall–Kier alpha value is -2.14. The van der Waals surface area contributed by atoms with Gasteiger partial charge in [-0.1, -0.05) is 40.0 Å². The average Bonchev–Trinajstić information content (AvgIpc) is 3.32. The van der Waals surface area contributed by atoms with E-state index in [1.54, 1.807) is 4.90 Å². The van der Waals surface area contributed by atoms with Crippen LogP contribution in [0.5, 0.6) is 0 Å². The summed E-state index contributed by atoms with van der Waals surface area (Å²) in [6.45, 7) is 6.18. The zero-order valence-electron chi connectivity index (χ0n) is 24.0. The molecular formula is C29H42N4O5S2. The molecule has 4 rings (SSSR count). The number of methoxy groups -OCH3 is 1. The van der Waals surface area contributed by atoms with E-state index >= 15 is 0 Å². The third-order valence-corrected chi connectivity index (χ3v) is 11.6. The number of carbonyl (C=O) groups excluding carboxylic acids is 4. The van der Waals surface area contributed by atoms with E-state index in [-0.39, 0.29) is 39.7 Å². The quantitative estimate of drug-likeness (QED) is 0.352. The zero-order chi connectivity index (χ0) is 28.9. The minimum absolute atomic E-state index is 0.0190. The van der Waals surface area contributed by atoms with Crippen molar-refractivity contribution < 1.29 is 23.9 Å². The molecule has 1 aliphatic carbocycles. The van der Waals surface area contributed by atoms with Gasteiger partial charge in [0.05, 0.1) is 17.4 Å². The number of amides is 2. The van der Waals surface area contributed by atoms with E-state index in [2.05, 4.69) is 15.3 Å². The minimum atomic E-state index is -0.862. The fraction of sp³-hybridized carbons (Fsp3) is 0.724. The predicted octanol–water partition coefficient (Wildman–Crippen LogP) is 4.12. The van der Waals surface area contributed by atoms with E-state index < -0.39 is 29.4 Å². The van der Waals surface area contributed by atoms with Gasteiger partial charge >= 0.3 is 5.97 Å². The van der Waals surface area contributed by atoms with Crippen molar-refractivity contribution in [3.05, 3.63) is 24.3 Å². The lowest BCUT2D eigenvalue weighted by atomic mass is 9.76. The number of aromatic nitrogens is 2. The molecule has 220 valence electrons. The molecule has 3 heterocycles. The Kier molecular flexibility index (Phi) is 10.2. The zero-order valence-corrected chi connectivity index (χ0v) is 25.7. The molecule has 0 aromatic carbocycles. The molecule has 2 aliphatic heterocycles. The summed E-state index contributed by atoms with van der Waals surface area (Å²) in [4.78, 5) is 64.0. The van der Waals surface area contributed by atoms with Crippen molar-refractivity contribution in [2.75, 3.05) is 25.2 Å². The Balaban J connectivity index is 1.57. The van der Waals surface area contributed by atoms with Crippen molar-refractivity contribution >= 4 is 47.1 Å². The lowest BCUT2D eigenvalue weighted by Gasteiger charge is -2.37. The van der Waals surface area contributed by atoms with Crippen molar-refractivity contribution in [1.29, 1.82) is 0 Å². The average molecular weight is 591 g/mol. The number of rotatable bonds is 8. The van der Waals surface area contributed by atoms with Crippen LogP contribution in [0.2, 0.25) is 0 Å². The maximum atomic E-state index is 14.2. The van der Waals surface area contributed by atoms with Gasteiger partial charge < -0.3 is 15.0 Å². The van der Waals surface area contributed by atoms with Crippen LogP contribution in [0.1, 0.15) is 82.6 Å². The number of thioether (sulfide) groups is 2. The fourth-order valence-corrected chi connectivity index (χ4v) is 9.41. The summed E-state index contributed by atoms with van der Waals surface area (Å²) < 4.78 is 4.87. The highest BCUT2D eigenvalue weighted by Crippen LogP contribution is 2.51. The molecule has 1 saturated carbocycles. The van der Waals surface area contributed by atoms with Crippen molar-refractivity contribution in [3.8, 4) is 0 Å². The summed E-state index contributed by atoms with van der Waals surface area (Å²) >= 11 is 3.63. The highest BCUT2D eigenvalue weighted by Gasteiger charge is 2.53. The van der Waals surface area contributed by atoms with Crippen molar-refractivity contribution in [1.82, 2.24) is 20.2 Å². The molecule has 1 aromatic heterocycles. The molecule has 9 nitrogen and oxygen atoms in total. The van der Waals surface area contributed by atoms with Gasteiger partial charge in [-0.05, 0) is 42.1 Å². The maximum absolute atomic E-state index is 14.2. The highest BCUT2D eigenvalue weighted by atomic mass is 32.2. The number of esters is 1. The molecule has 1 spiro atoms. The molecule has 3 fully saturated rings. The molecule has 2 amide bonds. The fourth-order valence-electron chi connectivity index (χ4n) is 6.06. The smallest absolute Gasteiger partial charge is 0.328 e. The molecule has 1 N–H and O–H groups in total. The van der Waals surface area contributed by atoms with Crippen LogP contribution in [0.3, 0.4) is 0 Å². The second-order valence-electron chi connectivity index (χ2n) is 12.2. The minimum Gasteiger partial charge on any atom is -0.467 e. The van der Waals surface area contributed by atoms with E-state index in [4.69, 9.17) is 4.74 Å². The lowest BCUT2D eigenvalue weighted by molar-refractivity contribution is -0.153. The van der Waals surface area contributed by atoms with Gasteiger partial charge in [0.25, 0.3) is 0 Å². The number of ether oxygens (including phenoxy) is 1. The Bertz CT molecular complexity index is 1070. The van der Waals surface area contributed by atoms with Gasteiger partial charge in [-0.15, -0.1) is 23.5 Å². The van der Waals surface area contributed by atoms with Gasteiger partial charge in [0.1, 0.15) is 17.8 Å². The maximum Gasteiger partial charge on any atom is 0.328 e. The topological polar surface area (TPSA) is 119 Å². The Morgan fingerprint density at radius 3 is 2.40 bits per heavy atom. The Labute approximate surface area is 245 Å². The van der Waals surface area contributed by atoms with Crippen LogP contribution in [0, 0.1) is 17.3 Å². The molecule has 3 atom stereocenters. The number of carbonyl (C=O) groups is 4. The first-order chi connectivity index (χ1) is 19.0. The first-order valence-corrected chi connectivity index (χ1v) is 16.3. The predicted molar refractivity (Wildman–Crippen MR) is 157 cm³/mol. The second-order valence-corrected chi connectivity index (χ2v) is 15.4. The van der Waals surface area contributed by atoms with Gasteiger partial charge in [0.2, 0.25) is 11.8 Å². The Morgan fingerprint density at radius 1 is 1.10 bits per heavy atom. The number of hydrogen-bond acceptors (Lipinski definition) is 9. The van der Waals surface area contributed by atoms with Gasteiger partial charge in [-0.25, -0.2) is 9.78 Å². The van der Waals surface area contributed by atoms with Crippen molar-refractivity contribution in [3.63, 3.8) is 0 Å². The standard InChI is InChI=1S/C29H42N4O5S2/c1-28(2,3)24(26(36)33-18-29(39-13-8-14-40-29)16-22(33)27(37)38-4)32-25(35)20(19-9-6-5-7-10-19)15-23(34)21-17-30-11-12-31-21/h11-12,17,19-20,22,24H,5-10,13-16,18H2,1-4H3,(H,32,35)/t20-,22-,24+/m0/s1. The number of ketones is 1. The van der Waals surface area contributed by atoms with Crippen LogP contribution < -0.4 is 5.32 Å². The van der Waals surface area contributed by atoms with E-state index in [1.807, 2.05) is 44.3 Å².